The first-order valence-corrected chi connectivity index (χ1v) is 7.85. The minimum Gasteiger partial charge on any atom is -0.508 e. The lowest BCUT2D eigenvalue weighted by Gasteiger charge is -2.11. The van der Waals surface area contributed by atoms with Crippen LogP contribution in [-0.4, -0.2) is 39.4 Å². The van der Waals surface area contributed by atoms with Gasteiger partial charge in [0.2, 0.25) is 0 Å². The highest BCUT2D eigenvalue weighted by Gasteiger charge is 2.05. The summed E-state index contributed by atoms with van der Waals surface area (Å²) in [4.78, 5) is 13.8. The number of hydrogen-bond donors (Lipinski definition) is 4. The Bertz CT molecular complexity index is 588. The molecule has 1 aromatic heterocycles. The number of hydrogen-bond acceptors (Lipinski definition) is 5. The third kappa shape index (κ3) is 7.71. The molecule has 1 aromatic carbocycles. The third-order valence-electron chi connectivity index (χ3n) is 3.23. The third-order valence-corrected chi connectivity index (χ3v) is 3.23. The number of aliphatic hydroxyl groups excluding tert-OH is 1. The Morgan fingerprint density at radius 1 is 1.25 bits per heavy atom. The molecule has 4 N–H and O–H groups in total. The highest BCUT2D eigenvalue weighted by molar-refractivity contribution is 5.86. The lowest BCUT2D eigenvalue weighted by molar-refractivity contribution is 0.0696. The van der Waals surface area contributed by atoms with E-state index in [2.05, 4.69) is 17.2 Å². The van der Waals surface area contributed by atoms with Crippen LogP contribution in [0, 0.1) is 0 Å². The molecule has 1 heterocycles. The van der Waals surface area contributed by atoms with Gasteiger partial charge in [-0.2, -0.15) is 0 Å². The van der Waals surface area contributed by atoms with Crippen LogP contribution in [0.3, 0.4) is 0 Å². The van der Waals surface area contributed by atoms with Crippen LogP contribution < -0.4 is 5.32 Å². The van der Waals surface area contributed by atoms with E-state index < -0.39 is 12.1 Å². The highest BCUT2D eigenvalue weighted by Crippen LogP contribution is 2.15. The molecule has 0 aliphatic rings. The van der Waals surface area contributed by atoms with Crippen molar-refractivity contribution in [2.45, 2.75) is 25.9 Å². The quantitative estimate of drug-likeness (QED) is 0.581. The minimum absolute atomic E-state index is 0.220. The Morgan fingerprint density at radius 2 is 1.96 bits per heavy atom. The van der Waals surface area contributed by atoms with Crippen LogP contribution in [0.4, 0.5) is 0 Å². The molecule has 6 heteroatoms. The second kappa shape index (κ2) is 11.2. The highest BCUT2D eigenvalue weighted by atomic mass is 16.4. The molecule has 0 saturated carbocycles. The molecule has 0 spiro atoms. The maximum Gasteiger partial charge on any atom is 0.337 e. The van der Waals surface area contributed by atoms with Crippen LogP contribution in [-0.2, 0) is 0 Å². The Hall–Kier alpha value is -2.44. The number of carboxylic acid groups (broad SMARTS) is 1. The monoisotopic (exact) mass is 332 g/mol. The lowest BCUT2D eigenvalue weighted by Crippen LogP contribution is -2.22. The number of benzene rings is 1. The van der Waals surface area contributed by atoms with Crippen molar-refractivity contribution in [3.63, 3.8) is 0 Å². The van der Waals surface area contributed by atoms with E-state index in [9.17, 15) is 9.90 Å². The van der Waals surface area contributed by atoms with Crippen LogP contribution in [0.15, 0.2) is 48.8 Å². The molecule has 0 bridgehead atoms. The van der Waals surface area contributed by atoms with E-state index in [1.165, 1.54) is 18.5 Å². The van der Waals surface area contributed by atoms with Crippen molar-refractivity contribution >= 4 is 5.97 Å². The number of nitrogens with one attached hydrogen (secondary N) is 1. The average Bonchev–Trinajstić information content (AvgIpc) is 2.60. The maximum absolute atomic E-state index is 10.2. The van der Waals surface area contributed by atoms with E-state index in [0.717, 1.165) is 24.9 Å². The Kier molecular flexibility index (Phi) is 9.11. The Balaban J connectivity index is 0.000000272. The van der Waals surface area contributed by atoms with E-state index in [4.69, 9.17) is 10.2 Å². The van der Waals surface area contributed by atoms with Crippen LogP contribution in [0.1, 0.15) is 41.8 Å². The molecule has 0 aliphatic carbocycles. The zero-order chi connectivity index (χ0) is 17.8. The molecule has 130 valence electrons. The molecular weight excluding hydrogens is 308 g/mol. The molecule has 1 atom stereocenters. The second-order valence-corrected chi connectivity index (χ2v) is 5.21. The molecule has 6 nitrogen and oxygen atoms in total. The molecule has 2 rings (SSSR count). The van der Waals surface area contributed by atoms with Crippen LogP contribution in [0.25, 0.3) is 0 Å². The molecule has 0 aliphatic heterocycles. The summed E-state index contributed by atoms with van der Waals surface area (Å²) in [6.45, 7) is 3.63. The van der Waals surface area contributed by atoms with Crippen molar-refractivity contribution in [2.24, 2.45) is 0 Å². The number of rotatable bonds is 7. The van der Waals surface area contributed by atoms with Gasteiger partial charge in [0.1, 0.15) is 5.75 Å². The van der Waals surface area contributed by atoms with Crippen LogP contribution in [0.5, 0.6) is 5.75 Å². The number of carbonyl (C=O) groups is 1. The Labute approximate surface area is 141 Å². The number of aromatic nitrogens is 1. The fourth-order valence-electron chi connectivity index (χ4n) is 1.84. The second-order valence-electron chi connectivity index (χ2n) is 5.21. The van der Waals surface area contributed by atoms with E-state index in [-0.39, 0.29) is 11.3 Å². The molecule has 0 saturated heterocycles. The number of aromatic hydroxyl groups is 1. The first-order chi connectivity index (χ1) is 11.5. The molecule has 2 aromatic rings. The van der Waals surface area contributed by atoms with Gasteiger partial charge in [0.05, 0.1) is 11.7 Å². The van der Waals surface area contributed by atoms with Crippen molar-refractivity contribution in [3.05, 3.63) is 59.9 Å². The number of aliphatic hydroxyl groups is 1. The number of aromatic carboxylic acids is 1. The van der Waals surface area contributed by atoms with E-state index >= 15 is 0 Å². The summed E-state index contributed by atoms with van der Waals surface area (Å²) < 4.78 is 0. The van der Waals surface area contributed by atoms with Crippen molar-refractivity contribution in [2.75, 3.05) is 13.1 Å². The number of phenols is 1. The van der Waals surface area contributed by atoms with Crippen molar-refractivity contribution < 1.29 is 20.1 Å². The van der Waals surface area contributed by atoms with Gasteiger partial charge in [-0.1, -0.05) is 25.5 Å². The topological polar surface area (TPSA) is 103 Å². The number of unbranched alkanes of at least 4 members (excludes halogenated alkanes) is 1. The summed E-state index contributed by atoms with van der Waals surface area (Å²) in [6.07, 6.45) is 4.63. The van der Waals surface area contributed by atoms with Gasteiger partial charge in [-0.25, -0.2) is 4.79 Å². The molecule has 0 radical (unpaired) electrons. The van der Waals surface area contributed by atoms with Gasteiger partial charge in [0, 0.05) is 18.9 Å². The maximum atomic E-state index is 10.2. The summed E-state index contributed by atoms with van der Waals surface area (Å²) in [5, 5.41) is 30.4. The summed E-state index contributed by atoms with van der Waals surface area (Å²) in [5.74, 6) is -0.715. The fraction of sp³-hybridized carbons (Fsp3) is 0.333. The largest absolute Gasteiger partial charge is 0.508 e. The van der Waals surface area contributed by atoms with Crippen LogP contribution >= 0.6 is 0 Å². The Morgan fingerprint density at radius 3 is 2.46 bits per heavy atom. The molecule has 0 fully saturated rings. The van der Waals surface area contributed by atoms with Gasteiger partial charge in [-0.05, 0) is 42.8 Å². The van der Waals surface area contributed by atoms with E-state index in [0.29, 0.717) is 6.54 Å². The van der Waals surface area contributed by atoms with Crippen molar-refractivity contribution in [1.82, 2.24) is 10.3 Å². The summed E-state index contributed by atoms with van der Waals surface area (Å²) in [6, 6.07) is 9.73. The van der Waals surface area contributed by atoms with Gasteiger partial charge in [0.25, 0.3) is 0 Å². The summed E-state index contributed by atoms with van der Waals surface area (Å²) in [7, 11) is 0. The van der Waals surface area contributed by atoms with E-state index in [1.54, 1.807) is 30.3 Å². The van der Waals surface area contributed by atoms with Gasteiger partial charge >= 0.3 is 5.97 Å². The van der Waals surface area contributed by atoms with Gasteiger partial charge < -0.3 is 20.6 Å². The smallest absolute Gasteiger partial charge is 0.337 e. The first kappa shape index (κ1) is 19.6. The summed E-state index contributed by atoms with van der Waals surface area (Å²) in [5.41, 5.74) is 1.05. The lowest BCUT2D eigenvalue weighted by atomic mass is 10.1. The predicted molar refractivity (Wildman–Crippen MR) is 92.0 cm³/mol. The van der Waals surface area contributed by atoms with Gasteiger partial charge in [0.15, 0.2) is 0 Å². The molecule has 1 unspecified atom stereocenters. The first-order valence-electron chi connectivity index (χ1n) is 7.85. The zero-order valence-corrected chi connectivity index (χ0v) is 13.7. The normalized spacial score (nSPS) is 11.2. The zero-order valence-electron chi connectivity index (χ0n) is 13.7. The summed E-state index contributed by atoms with van der Waals surface area (Å²) >= 11 is 0. The van der Waals surface area contributed by atoms with Crippen LogP contribution in [0.2, 0.25) is 0 Å². The molecular formula is C18H24N2O4. The van der Waals surface area contributed by atoms with Gasteiger partial charge in [-0.15, -0.1) is 0 Å². The fourth-order valence-corrected chi connectivity index (χ4v) is 1.84. The van der Waals surface area contributed by atoms with Gasteiger partial charge in [-0.3, -0.25) is 4.98 Å². The van der Waals surface area contributed by atoms with Crippen molar-refractivity contribution in [3.8, 4) is 5.75 Å². The number of phenolic OH excluding ortho intramolecular Hbond substituents is 1. The van der Waals surface area contributed by atoms with E-state index in [1.807, 2.05) is 0 Å². The molecule has 24 heavy (non-hydrogen) atoms. The number of carboxylic acids is 1. The minimum atomic E-state index is -0.942. The average molecular weight is 332 g/mol. The molecule has 0 amide bonds. The van der Waals surface area contributed by atoms with Crippen molar-refractivity contribution in [1.29, 1.82) is 0 Å². The standard InChI is InChI=1S/C12H19NO2.C6H5NO2/c1-2-3-8-13-9-12(15)10-4-6-11(14)7-5-10;8-6(9)5-2-1-3-7-4-5/h4-7,12-15H,2-3,8-9H2,1H3;1-4H,(H,8,9). The number of nitrogens with zero attached hydrogens (tertiary/aromatic N) is 1. The SMILES string of the molecule is CCCCNCC(O)c1ccc(O)cc1.O=C(O)c1cccnc1. The predicted octanol–water partition coefficient (Wildman–Crippen LogP) is 2.60. The number of pyridine rings is 1.